The minimum Gasteiger partial charge on any atom is -0.467 e. The van der Waals surface area contributed by atoms with E-state index in [-0.39, 0.29) is 42.0 Å². The van der Waals surface area contributed by atoms with Crippen molar-refractivity contribution in [2.24, 2.45) is 23.7 Å². The summed E-state index contributed by atoms with van der Waals surface area (Å²) in [5, 5.41) is 2.96. The van der Waals surface area contributed by atoms with Crippen molar-refractivity contribution < 1.29 is 23.9 Å². The second-order valence-corrected chi connectivity index (χ2v) is 9.57. The van der Waals surface area contributed by atoms with Gasteiger partial charge in [0, 0.05) is 25.9 Å². The van der Waals surface area contributed by atoms with Crippen LogP contribution in [0.2, 0.25) is 0 Å². The Hall–Kier alpha value is -2.90. The molecule has 2 saturated heterocycles. The fourth-order valence-electron chi connectivity index (χ4n) is 6.46. The van der Waals surface area contributed by atoms with E-state index >= 15 is 0 Å². The maximum atomic E-state index is 12.9. The average Bonchev–Trinajstić information content (AvgIpc) is 3.44. The molecule has 0 aromatic heterocycles. The third-order valence-electron chi connectivity index (χ3n) is 8.01. The Morgan fingerprint density at radius 2 is 1.68 bits per heavy atom. The van der Waals surface area contributed by atoms with Gasteiger partial charge in [-0.1, -0.05) is 12.1 Å². The number of fused-ring (bicyclic) bond motifs is 6. The fourth-order valence-corrected chi connectivity index (χ4v) is 6.46. The predicted octanol–water partition coefficient (Wildman–Crippen LogP) is 1.16. The Morgan fingerprint density at radius 3 is 2.35 bits per heavy atom. The summed E-state index contributed by atoms with van der Waals surface area (Å²) in [5.74, 6) is 0.104. The van der Waals surface area contributed by atoms with Gasteiger partial charge >= 0.3 is 0 Å². The van der Waals surface area contributed by atoms with Crippen molar-refractivity contribution in [3.05, 3.63) is 29.8 Å². The van der Waals surface area contributed by atoms with E-state index in [1.54, 1.807) is 23.1 Å². The summed E-state index contributed by atoms with van der Waals surface area (Å²) >= 11 is 0. The molecule has 8 heteroatoms. The summed E-state index contributed by atoms with van der Waals surface area (Å²) in [6.45, 7) is 0.623. The van der Waals surface area contributed by atoms with Crippen molar-refractivity contribution in [1.82, 2.24) is 15.1 Å². The largest absolute Gasteiger partial charge is 0.467 e. The van der Waals surface area contributed by atoms with E-state index in [0.29, 0.717) is 49.1 Å². The summed E-state index contributed by atoms with van der Waals surface area (Å²) in [6.07, 6.45) is 3.94. The van der Waals surface area contributed by atoms with Gasteiger partial charge in [0.1, 0.15) is 12.3 Å². The van der Waals surface area contributed by atoms with Gasteiger partial charge in [-0.3, -0.25) is 24.1 Å². The van der Waals surface area contributed by atoms with E-state index in [1.807, 2.05) is 6.07 Å². The van der Waals surface area contributed by atoms with E-state index in [2.05, 4.69) is 5.32 Å². The third-order valence-corrected chi connectivity index (χ3v) is 8.01. The molecule has 1 aromatic carbocycles. The number of piperidine rings is 1. The molecule has 1 N–H and O–H groups in total. The zero-order valence-electron chi connectivity index (χ0n) is 17.2. The van der Waals surface area contributed by atoms with E-state index in [9.17, 15) is 19.2 Å². The molecule has 0 unspecified atom stereocenters. The number of hydrogen-bond donors (Lipinski definition) is 1. The van der Waals surface area contributed by atoms with Crippen molar-refractivity contribution in [2.75, 3.05) is 19.6 Å². The lowest BCUT2D eigenvalue weighted by Crippen LogP contribution is -2.62. The number of carbonyl (C=O) groups is 4. The Labute approximate surface area is 179 Å². The maximum Gasteiger partial charge on any atom is 0.258 e. The average molecular weight is 423 g/mol. The van der Waals surface area contributed by atoms with Crippen molar-refractivity contribution in [1.29, 1.82) is 0 Å². The van der Waals surface area contributed by atoms with Crippen LogP contribution in [0.3, 0.4) is 0 Å². The van der Waals surface area contributed by atoms with Gasteiger partial charge in [0.15, 0.2) is 5.72 Å². The van der Waals surface area contributed by atoms with E-state index < -0.39 is 5.72 Å². The van der Waals surface area contributed by atoms with Crippen LogP contribution in [0.5, 0.6) is 5.75 Å². The predicted molar refractivity (Wildman–Crippen MR) is 108 cm³/mol. The summed E-state index contributed by atoms with van der Waals surface area (Å²) in [4.78, 5) is 54.0. The van der Waals surface area contributed by atoms with E-state index in [1.165, 1.54) is 4.90 Å². The molecular formula is C23H25N3O5. The highest BCUT2D eigenvalue weighted by Gasteiger charge is 2.61. The Bertz CT molecular complexity index is 971. The van der Waals surface area contributed by atoms with Crippen molar-refractivity contribution in [2.45, 2.75) is 37.8 Å². The normalized spacial score (nSPS) is 32.7. The third kappa shape index (κ3) is 2.73. The van der Waals surface area contributed by atoms with Crippen LogP contribution in [0.4, 0.5) is 0 Å². The van der Waals surface area contributed by atoms with Gasteiger partial charge in [-0.15, -0.1) is 0 Å². The lowest BCUT2D eigenvalue weighted by molar-refractivity contribution is -0.148. The highest BCUT2D eigenvalue weighted by molar-refractivity contribution is 6.08. The number of carbonyl (C=O) groups excluding carboxylic acids is 4. The molecule has 3 aliphatic heterocycles. The van der Waals surface area contributed by atoms with Crippen LogP contribution in [0.25, 0.3) is 0 Å². The quantitative estimate of drug-likeness (QED) is 0.720. The number of rotatable bonds is 2. The molecule has 2 aliphatic carbocycles. The molecule has 6 rings (SSSR count). The van der Waals surface area contributed by atoms with Crippen LogP contribution in [-0.4, -0.2) is 58.8 Å². The Balaban J connectivity index is 1.11. The zero-order valence-corrected chi connectivity index (χ0v) is 17.2. The molecule has 162 valence electrons. The SMILES string of the molecule is O=C1NC2(CCN(C(=O)CN3C(=O)[C@@H]4[C@H]5CC[C@@H](C5)[C@H]4C3=O)CC2)Oc2ccccc21. The molecule has 4 fully saturated rings. The number of imide groups is 1. The van der Waals surface area contributed by atoms with Crippen LogP contribution in [0, 0.1) is 23.7 Å². The number of ether oxygens (including phenoxy) is 1. The lowest BCUT2D eigenvalue weighted by Gasteiger charge is -2.44. The molecule has 2 saturated carbocycles. The minimum absolute atomic E-state index is 0.150. The van der Waals surface area contributed by atoms with Crippen LogP contribution >= 0.6 is 0 Å². The molecule has 3 heterocycles. The first kappa shape index (κ1) is 18.8. The van der Waals surface area contributed by atoms with Crippen LogP contribution in [0.15, 0.2) is 24.3 Å². The smallest absolute Gasteiger partial charge is 0.258 e. The molecule has 4 atom stereocenters. The number of hydrogen-bond acceptors (Lipinski definition) is 5. The number of nitrogens with zero attached hydrogens (tertiary/aromatic N) is 2. The maximum absolute atomic E-state index is 12.9. The topological polar surface area (TPSA) is 96.0 Å². The number of amides is 4. The molecule has 8 nitrogen and oxygen atoms in total. The molecule has 31 heavy (non-hydrogen) atoms. The Kier molecular flexibility index (Phi) is 3.98. The minimum atomic E-state index is -0.822. The molecular weight excluding hydrogens is 398 g/mol. The number of benzene rings is 1. The summed E-state index contributed by atoms with van der Waals surface area (Å²) in [6, 6.07) is 7.13. The molecule has 1 aromatic rings. The monoisotopic (exact) mass is 423 g/mol. The zero-order chi connectivity index (χ0) is 21.3. The number of likely N-dealkylation sites (tertiary alicyclic amines) is 2. The van der Waals surface area contributed by atoms with Gasteiger partial charge in [0.05, 0.1) is 17.4 Å². The molecule has 0 radical (unpaired) electrons. The first-order chi connectivity index (χ1) is 15.0. The summed E-state index contributed by atoms with van der Waals surface area (Å²) < 4.78 is 6.12. The van der Waals surface area contributed by atoms with Crippen LogP contribution in [-0.2, 0) is 14.4 Å². The summed E-state index contributed by atoms with van der Waals surface area (Å²) in [5.41, 5.74) is -0.310. The molecule has 4 amide bonds. The van der Waals surface area contributed by atoms with Crippen molar-refractivity contribution in [3.63, 3.8) is 0 Å². The van der Waals surface area contributed by atoms with Crippen molar-refractivity contribution in [3.8, 4) is 5.75 Å². The highest BCUT2D eigenvalue weighted by Crippen LogP contribution is 2.56. The first-order valence-corrected chi connectivity index (χ1v) is 11.2. The van der Waals surface area contributed by atoms with Gasteiger partial charge in [-0.25, -0.2) is 0 Å². The van der Waals surface area contributed by atoms with E-state index in [4.69, 9.17) is 4.74 Å². The van der Waals surface area contributed by atoms with Crippen LogP contribution in [0.1, 0.15) is 42.5 Å². The van der Waals surface area contributed by atoms with E-state index in [0.717, 1.165) is 19.3 Å². The highest BCUT2D eigenvalue weighted by atomic mass is 16.5. The standard InChI is InChI=1S/C23H25N3O5/c27-17(12-26-21(29)18-13-5-6-14(11-13)19(18)22(26)30)25-9-7-23(8-10-25)24-20(28)15-3-1-2-4-16(15)31-23/h1-4,13-14,18-19H,5-12H2,(H,24,28)/t13-,14-,18+,19+/m0/s1. The van der Waals surface area contributed by atoms with Gasteiger partial charge in [0.2, 0.25) is 17.7 Å². The van der Waals surface area contributed by atoms with Gasteiger partial charge in [-0.2, -0.15) is 0 Å². The fraction of sp³-hybridized carbons (Fsp3) is 0.565. The molecule has 5 aliphatic rings. The molecule has 1 spiro atoms. The lowest BCUT2D eigenvalue weighted by atomic mass is 9.81. The van der Waals surface area contributed by atoms with Crippen molar-refractivity contribution >= 4 is 23.6 Å². The second kappa shape index (κ2) is 6.55. The second-order valence-electron chi connectivity index (χ2n) is 9.57. The number of nitrogens with one attached hydrogen (secondary N) is 1. The number of para-hydroxylation sites is 1. The Morgan fingerprint density at radius 1 is 1.03 bits per heavy atom. The van der Waals surface area contributed by atoms with Gasteiger partial charge in [0.25, 0.3) is 5.91 Å². The summed E-state index contributed by atoms with van der Waals surface area (Å²) in [7, 11) is 0. The van der Waals surface area contributed by atoms with Crippen LogP contribution < -0.4 is 10.1 Å². The van der Waals surface area contributed by atoms with Gasteiger partial charge < -0.3 is 15.0 Å². The molecule has 2 bridgehead atoms. The first-order valence-electron chi connectivity index (χ1n) is 11.2. The van der Waals surface area contributed by atoms with Gasteiger partial charge in [-0.05, 0) is 43.2 Å².